The standard InChI is InChI=1S/C19H23FN2O3S/c1-5-17(19(23)21-18-13(2)7-6-8-14(18)3)22(26(4,24)25)16-11-9-15(20)10-12-16/h6-12,17H,5H2,1-4H3,(H,21,23)/t17-/m0/s1. The molecule has 5 nitrogen and oxygen atoms in total. The number of nitrogens with one attached hydrogen (secondary N) is 1. The van der Waals surface area contributed by atoms with Crippen molar-refractivity contribution in [2.24, 2.45) is 0 Å². The lowest BCUT2D eigenvalue weighted by Gasteiger charge is -2.30. The number of benzene rings is 2. The summed E-state index contributed by atoms with van der Waals surface area (Å²) in [6, 6.07) is 9.73. The van der Waals surface area contributed by atoms with Gasteiger partial charge in [0.05, 0.1) is 11.9 Å². The van der Waals surface area contributed by atoms with Crippen LogP contribution in [0.4, 0.5) is 15.8 Å². The van der Waals surface area contributed by atoms with E-state index in [1.807, 2.05) is 32.0 Å². The van der Waals surface area contributed by atoms with Gasteiger partial charge in [-0.1, -0.05) is 25.1 Å². The minimum atomic E-state index is -3.75. The number of amides is 1. The fraction of sp³-hybridized carbons (Fsp3) is 0.316. The molecule has 0 aliphatic rings. The maximum Gasteiger partial charge on any atom is 0.248 e. The van der Waals surface area contributed by atoms with Crippen molar-refractivity contribution in [3.05, 3.63) is 59.4 Å². The van der Waals surface area contributed by atoms with Crippen LogP contribution in [0.1, 0.15) is 24.5 Å². The van der Waals surface area contributed by atoms with Crippen LogP contribution in [0.2, 0.25) is 0 Å². The summed E-state index contributed by atoms with van der Waals surface area (Å²) in [6.07, 6.45) is 1.30. The van der Waals surface area contributed by atoms with E-state index in [0.29, 0.717) is 5.69 Å². The second kappa shape index (κ2) is 7.86. The predicted octanol–water partition coefficient (Wildman–Crippen LogP) is 3.63. The molecule has 2 aromatic carbocycles. The highest BCUT2D eigenvalue weighted by Crippen LogP contribution is 2.25. The van der Waals surface area contributed by atoms with Gasteiger partial charge >= 0.3 is 0 Å². The van der Waals surface area contributed by atoms with E-state index in [0.717, 1.165) is 21.7 Å². The Hall–Kier alpha value is -2.41. The molecule has 0 heterocycles. The van der Waals surface area contributed by atoms with Crippen molar-refractivity contribution in [2.45, 2.75) is 33.2 Å². The lowest BCUT2D eigenvalue weighted by atomic mass is 10.1. The summed E-state index contributed by atoms with van der Waals surface area (Å²) in [4.78, 5) is 12.9. The van der Waals surface area contributed by atoms with Crippen molar-refractivity contribution in [1.29, 1.82) is 0 Å². The third kappa shape index (κ3) is 4.40. The molecule has 1 amide bonds. The van der Waals surface area contributed by atoms with Gasteiger partial charge in [0.2, 0.25) is 15.9 Å². The summed E-state index contributed by atoms with van der Waals surface area (Å²) in [5, 5.41) is 2.84. The van der Waals surface area contributed by atoms with Crippen molar-refractivity contribution < 1.29 is 17.6 Å². The molecule has 0 bridgehead atoms. The summed E-state index contributed by atoms with van der Waals surface area (Å²) in [7, 11) is -3.75. The Morgan fingerprint density at radius 1 is 1.12 bits per heavy atom. The second-order valence-electron chi connectivity index (χ2n) is 6.22. The van der Waals surface area contributed by atoms with Gasteiger partial charge in [-0.15, -0.1) is 0 Å². The van der Waals surface area contributed by atoms with E-state index < -0.39 is 27.8 Å². The molecule has 0 aromatic heterocycles. The number of anilines is 2. The van der Waals surface area contributed by atoms with Gasteiger partial charge in [0.1, 0.15) is 11.9 Å². The summed E-state index contributed by atoms with van der Waals surface area (Å²) < 4.78 is 39.0. The number of rotatable bonds is 6. The number of halogens is 1. The van der Waals surface area contributed by atoms with Gasteiger partial charge in [-0.3, -0.25) is 9.10 Å². The van der Waals surface area contributed by atoms with Gasteiger partial charge in [-0.25, -0.2) is 12.8 Å². The smallest absolute Gasteiger partial charge is 0.248 e. The van der Waals surface area contributed by atoms with Crippen LogP contribution in [0.3, 0.4) is 0 Å². The minimum Gasteiger partial charge on any atom is -0.324 e. The average molecular weight is 378 g/mol. The van der Waals surface area contributed by atoms with E-state index >= 15 is 0 Å². The lowest BCUT2D eigenvalue weighted by molar-refractivity contribution is -0.117. The lowest BCUT2D eigenvalue weighted by Crippen LogP contribution is -2.47. The summed E-state index contributed by atoms with van der Waals surface area (Å²) in [6.45, 7) is 5.48. The normalized spacial score (nSPS) is 12.5. The Balaban J connectivity index is 2.41. The van der Waals surface area contributed by atoms with Crippen LogP contribution in [0.15, 0.2) is 42.5 Å². The van der Waals surface area contributed by atoms with Crippen molar-refractivity contribution in [2.75, 3.05) is 15.9 Å². The summed E-state index contributed by atoms with van der Waals surface area (Å²) in [5.41, 5.74) is 2.70. The first-order valence-electron chi connectivity index (χ1n) is 8.27. The van der Waals surface area contributed by atoms with Crippen molar-refractivity contribution >= 4 is 27.3 Å². The van der Waals surface area contributed by atoms with Crippen LogP contribution < -0.4 is 9.62 Å². The molecule has 140 valence electrons. The number of aryl methyl sites for hydroxylation is 2. The van der Waals surface area contributed by atoms with E-state index in [4.69, 9.17) is 0 Å². The molecule has 1 atom stereocenters. The maximum atomic E-state index is 13.2. The van der Waals surface area contributed by atoms with E-state index in [1.54, 1.807) is 6.92 Å². The van der Waals surface area contributed by atoms with E-state index in [1.165, 1.54) is 24.3 Å². The van der Waals surface area contributed by atoms with E-state index in [2.05, 4.69) is 5.32 Å². The number of nitrogens with zero attached hydrogens (tertiary/aromatic N) is 1. The largest absolute Gasteiger partial charge is 0.324 e. The van der Waals surface area contributed by atoms with Crippen molar-refractivity contribution in [1.82, 2.24) is 0 Å². The predicted molar refractivity (Wildman–Crippen MR) is 102 cm³/mol. The quantitative estimate of drug-likeness (QED) is 0.835. The van der Waals surface area contributed by atoms with Crippen LogP contribution in [0.25, 0.3) is 0 Å². The third-order valence-corrected chi connectivity index (χ3v) is 5.32. The Morgan fingerprint density at radius 2 is 1.65 bits per heavy atom. The van der Waals surface area contributed by atoms with Crippen LogP contribution in [0.5, 0.6) is 0 Å². The molecule has 0 radical (unpaired) electrons. The highest BCUT2D eigenvalue weighted by Gasteiger charge is 2.31. The Bertz CT molecular complexity index is 875. The Morgan fingerprint density at radius 3 is 2.12 bits per heavy atom. The van der Waals surface area contributed by atoms with Gasteiger partial charge in [0, 0.05) is 5.69 Å². The van der Waals surface area contributed by atoms with Crippen molar-refractivity contribution in [3.8, 4) is 0 Å². The molecule has 0 aliphatic carbocycles. The zero-order valence-corrected chi connectivity index (χ0v) is 16.1. The summed E-state index contributed by atoms with van der Waals surface area (Å²) >= 11 is 0. The van der Waals surface area contributed by atoms with Crippen molar-refractivity contribution in [3.63, 3.8) is 0 Å². The molecule has 2 rings (SSSR count). The Labute approximate surface area is 153 Å². The van der Waals surface area contributed by atoms with E-state index in [9.17, 15) is 17.6 Å². The molecule has 0 saturated heterocycles. The van der Waals surface area contributed by atoms with Crippen LogP contribution >= 0.6 is 0 Å². The zero-order valence-electron chi connectivity index (χ0n) is 15.3. The molecule has 2 aromatic rings. The number of carbonyl (C=O) groups is 1. The zero-order chi connectivity index (χ0) is 19.5. The molecule has 0 fully saturated rings. The summed E-state index contributed by atoms with van der Waals surface area (Å²) in [5.74, 6) is -0.908. The number of para-hydroxylation sites is 1. The monoisotopic (exact) mass is 378 g/mol. The van der Waals surface area contributed by atoms with Crippen LogP contribution in [0, 0.1) is 19.7 Å². The fourth-order valence-electron chi connectivity index (χ4n) is 2.87. The molecule has 0 unspecified atom stereocenters. The highest BCUT2D eigenvalue weighted by atomic mass is 32.2. The fourth-order valence-corrected chi connectivity index (χ4v) is 4.08. The number of hydrogen-bond donors (Lipinski definition) is 1. The van der Waals surface area contributed by atoms with Gasteiger partial charge < -0.3 is 5.32 Å². The molecule has 0 aliphatic heterocycles. The van der Waals surface area contributed by atoms with Crippen LogP contribution in [-0.2, 0) is 14.8 Å². The molecule has 26 heavy (non-hydrogen) atoms. The van der Waals surface area contributed by atoms with Crippen LogP contribution in [-0.4, -0.2) is 26.6 Å². The molecular weight excluding hydrogens is 355 g/mol. The SMILES string of the molecule is CC[C@@H](C(=O)Nc1c(C)cccc1C)N(c1ccc(F)cc1)S(C)(=O)=O. The third-order valence-electron chi connectivity index (χ3n) is 4.14. The topological polar surface area (TPSA) is 66.5 Å². The molecule has 7 heteroatoms. The Kier molecular flexibility index (Phi) is 6.02. The number of sulfonamides is 1. The van der Waals surface area contributed by atoms with Gasteiger partial charge in [-0.05, 0) is 55.7 Å². The van der Waals surface area contributed by atoms with Gasteiger partial charge in [0.25, 0.3) is 0 Å². The number of hydrogen-bond acceptors (Lipinski definition) is 3. The molecule has 0 spiro atoms. The highest BCUT2D eigenvalue weighted by molar-refractivity contribution is 7.92. The first-order valence-corrected chi connectivity index (χ1v) is 10.1. The first-order chi connectivity index (χ1) is 12.1. The molecular formula is C19H23FN2O3S. The minimum absolute atomic E-state index is 0.248. The molecule has 1 N–H and O–H groups in total. The second-order valence-corrected chi connectivity index (χ2v) is 8.07. The van der Waals surface area contributed by atoms with E-state index in [-0.39, 0.29) is 12.1 Å². The maximum absolute atomic E-state index is 13.2. The molecule has 0 saturated carbocycles. The first kappa shape index (κ1) is 19.9. The average Bonchev–Trinajstić information content (AvgIpc) is 2.56. The number of carbonyl (C=O) groups excluding carboxylic acids is 1. The van der Waals surface area contributed by atoms with Gasteiger partial charge in [-0.2, -0.15) is 0 Å². The van der Waals surface area contributed by atoms with Gasteiger partial charge in [0.15, 0.2) is 0 Å².